The molecule has 4 N–H and O–H groups in total. The van der Waals surface area contributed by atoms with Crippen molar-refractivity contribution in [3.05, 3.63) is 89.5 Å². The summed E-state index contributed by atoms with van der Waals surface area (Å²) in [6.07, 6.45) is 2.66. The van der Waals surface area contributed by atoms with E-state index in [2.05, 4.69) is 10.6 Å². The second-order valence-electron chi connectivity index (χ2n) is 6.93. The molecule has 154 valence electrons. The number of hydrogen-bond donors (Lipinski definition) is 4. The molecule has 0 amide bonds. The molecular weight excluding hydrogens is 380 g/mol. The average Bonchev–Trinajstić information content (AvgIpc) is 2.74. The van der Waals surface area contributed by atoms with Crippen molar-refractivity contribution in [1.82, 2.24) is 0 Å². The van der Waals surface area contributed by atoms with Crippen LogP contribution in [0, 0.1) is 0 Å². The Morgan fingerprint density at radius 1 is 0.767 bits per heavy atom. The molecule has 0 bridgehead atoms. The standard InChI is InChI=1S/C24H24N2O4/c27-23(28)16-25-19-14-12-17(13-15-19)6-5-8-18-7-1-3-10-21(18)26-22-11-4-2-9-20(22)24(29)30/h1-4,7,9-15,25-26H,5-6,8,16H2,(H,27,28)(H,29,30). The molecule has 0 heterocycles. The largest absolute Gasteiger partial charge is 0.480 e. The van der Waals surface area contributed by atoms with Gasteiger partial charge >= 0.3 is 11.9 Å². The molecule has 0 aliphatic carbocycles. The summed E-state index contributed by atoms with van der Waals surface area (Å²) in [4.78, 5) is 22.1. The van der Waals surface area contributed by atoms with E-state index in [0.717, 1.165) is 36.2 Å². The van der Waals surface area contributed by atoms with Gasteiger partial charge in [-0.2, -0.15) is 0 Å². The Kier molecular flexibility index (Phi) is 7.05. The topological polar surface area (TPSA) is 98.7 Å². The van der Waals surface area contributed by atoms with Crippen molar-refractivity contribution in [2.45, 2.75) is 19.3 Å². The molecule has 3 aromatic carbocycles. The zero-order chi connectivity index (χ0) is 21.3. The SMILES string of the molecule is O=C(O)CNc1ccc(CCCc2ccccc2Nc2ccccc2C(=O)O)cc1. The van der Waals surface area contributed by atoms with Crippen LogP contribution < -0.4 is 10.6 Å². The van der Waals surface area contributed by atoms with Crippen molar-refractivity contribution < 1.29 is 19.8 Å². The van der Waals surface area contributed by atoms with Crippen LogP contribution >= 0.6 is 0 Å². The fourth-order valence-electron chi connectivity index (χ4n) is 3.23. The molecule has 0 saturated carbocycles. The highest BCUT2D eigenvalue weighted by atomic mass is 16.4. The lowest BCUT2D eigenvalue weighted by Gasteiger charge is -2.14. The lowest BCUT2D eigenvalue weighted by Crippen LogP contribution is -2.12. The van der Waals surface area contributed by atoms with E-state index < -0.39 is 11.9 Å². The Bertz CT molecular complexity index is 1020. The molecule has 6 heteroatoms. The molecule has 0 aliphatic heterocycles. The molecule has 6 nitrogen and oxygen atoms in total. The van der Waals surface area contributed by atoms with Gasteiger partial charge in [0.25, 0.3) is 0 Å². The molecule has 0 saturated heterocycles. The van der Waals surface area contributed by atoms with Crippen LogP contribution in [0.25, 0.3) is 0 Å². The van der Waals surface area contributed by atoms with E-state index >= 15 is 0 Å². The molecule has 0 aromatic heterocycles. The fraction of sp³-hybridized carbons (Fsp3) is 0.167. The zero-order valence-corrected chi connectivity index (χ0v) is 16.5. The summed E-state index contributed by atoms with van der Waals surface area (Å²) in [7, 11) is 0. The number of rotatable bonds is 10. The maximum Gasteiger partial charge on any atom is 0.337 e. The minimum Gasteiger partial charge on any atom is -0.480 e. The minimum absolute atomic E-state index is 0.103. The average molecular weight is 404 g/mol. The van der Waals surface area contributed by atoms with E-state index in [1.54, 1.807) is 18.2 Å². The molecule has 0 radical (unpaired) electrons. The smallest absolute Gasteiger partial charge is 0.337 e. The van der Waals surface area contributed by atoms with Gasteiger partial charge in [-0.15, -0.1) is 0 Å². The maximum atomic E-state index is 11.5. The van der Waals surface area contributed by atoms with Crippen molar-refractivity contribution in [3.63, 3.8) is 0 Å². The summed E-state index contributed by atoms with van der Waals surface area (Å²) in [5.74, 6) is -1.85. The normalized spacial score (nSPS) is 10.4. The summed E-state index contributed by atoms with van der Waals surface area (Å²) in [5.41, 5.74) is 4.80. The zero-order valence-electron chi connectivity index (χ0n) is 16.5. The van der Waals surface area contributed by atoms with Gasteiger partial charge in [-0.1, -0.05) is 42.5 Å². The van der Waals surface area contributed by atoms with Crippen molar-refractivity contribution in [2.75, 3.05) is 17.2 Å². The van der Waals surface area contributed by atoms with Crippen LogP contribution in [0.2, 0.25) is 0 Å². The van der Waals surface area contributed by atoms with Crippen LogP contribution in [0.4, 0.5) is 17.1 Å². The van der Waals surface area contributed by atoms with Gasteiger partial charge in [0.1, 0.15) is 6.54 Å². The van der Waals surface area contributed by atoms with Crippen LogP contribution in [0.1, 0.15) is 27.9 Å². The number of benzene rings is 3. The molecule has 0 aliphatic rings. The third kappa shape index (κ3) is 5.85. The van der Waals surface area contributed by atoms with Gasteiger partial charge in [0.15, 0.2) is 0 Å². The first-order chi connectivity index (χ1) is 14.5. The Morgan fingerprint density at radius 3 is 2.13 bits per heavy atom. The van der Waals surface area contributed by atoms with Crippen LogP contribution in [0.5, 0.6) is 0 Å². The summed E-state index contributed by atoms with van der Waals surface area (Å²) in [6, 6.07) is 22.5. The number of aromatic carboxylic acids is 1. The van der Waals surface area contributed by atoms with E-state index in [-0.39, 0.29) is 12.1 Å². The van der Waals surface area contributed by atoms with Gasteiger partial charge in [-0.25, -0.2) is 4.79 Å². The van der Waals surface area contributed by atoms with Gasteiger partial charge in [0.05, 0.1) is 11.3 Å². The predicted octanol–water partition coefficient (Wildman–Crippen LogP) is 4.80. The number of anilines is 3. The van der Waals surface area contributed by atoms with E-state index in [0.29, 0.717) is 5.69 Å². The van der Waals surface area contributed by atoms with Crippen LogP contribution in [0.3, 0.4) is 0 Å². The number of hydrogen-bond acceptors (Lipinski definition) is 4. The van der Waals surface area contributed by atoms with Crippen LogP contribution in [-0.4, -0.2) is 28.7 Å². The molecule has 0 spiro atoms. The Labute approximate surface area is 175 Å². The Hall–Kier alpha value is -3.80. The first-order valence-electron chi connectivity index (χ1n) is 9.75. The van der Waals surface area contributed by atoms with E-state index in [4.69, 9.17) is 5.11 Å². The molecule has 30 heavy (non-hydrogen) atoms. The van der Waals surface area contributed by atoms with E-state index in [1.807, 2.05) is 54.6 Å². The fourth-order valence-corrected chi connectivity index (χ4v) is 3.23. The summed E-state index contributed by atoms with van der Waals surface area (Å²) in [5, 5.41) is 24.2. The number of aliphatic carboxylic acids is 1. The first kappa shape index (κ1) is 20.9. The summed E-state index contributed by atoms with van der Waals surface area (Å²) >= 11 is 0. The summed E-state index contributed by atoms with van der Waals surface area (Å²) < 4.78 is 0. The van der Waals surface area contributed by atoms with E-state index in [1.165, 1.54) is 5.56 Å². The summed E-state index contributed by atoms with van der Waals surface area (Å²) in [6.45, 7) is -0.103. The highest BCUT2D eigenvalue weighted by Gasteiger charge is 2.10. The second kappa shape index (κ2) is 10.1. The monoisotopic (exact) mass is 404 g/mol. The molecule has 0 atom stereocenters. The number of nitrogens with one attached hydrogen (secondary N) is 2. The van der Waals surface area contributed by atoms with Crippen molar-refractivity contribution in [2.24, 2.45) is 0 Å². The van der Waals surface area contributed by atoms with Crippen LogP contribution in [0.15, 0.2) is 72.8 Å². The molecule has 0 unspecified atom stereocenters. The first-order valence-corrected chi connectivity index (χ1v) is 9.75. The Balaban J connectivity index is 1.61. The molecule has 3 aromatic rings. The third-order valence-corrected chi connectivity index (χ3v) is 4.75. The molecule has 0 fully saturated rings. The van der Waals surface area contributed by atoms with Gasteiger partial charge in [-0.05, 0) is 60.7 Å². The quantitative estimate of drug-likeness (QED) is 0.387. The Morgan fingerprint density at radius 2 is 1.43 bits per heavy atom. The van der Waals surface area contributed by atoms with Gasteiger partial charge in [-0.3, -0.25) is 4.79 Å². The van der Waals surface area contributed by atoms with E-state index in [9.17, 15) is 14.7 Å². The minimum atomic E-state index is -0.961. The lowest BCUT2D eigenvalue weighted by molar-refractivity contribution is -0.134. The number of para-hydroxylation sites is 2. The molecular formula is C24H24N2O4. The molecule has 3 rings (SSSR count). The number of carboxylic acid groups (broad SMARTS) is 2. The number of carbonyl (C=O) groups is 2. The third-order valence-electron chi connectivity index (χ3n) is 4.75. The highest BCUT2D eigenvalue weighted by molar-refractivity contribution is 5.95. The van der Waals surface area contributed by atoms with Gasteiger partial charge in [0, 0.05) is 11.4 Å². The van der Waals surface area contributed by atoms with Crippen molar-refractivity contribution >= 4 is 29.0 Å². The number of aryl methyl sites for hydroxylation is 2. The predicted molar refractivity (Wildman–Crippen MR) is 118 cm³/mol. The highest BCUT2D eigenvalue weighted by Crippen LogP contribution is 2.25. The van der Waals surface area contributed by atoms with Crippen molar-refractivity contribution in [3.8, 4) is 0 Å². The van der Waals surface area contributed by atoms with Crippen LogP contribution in [-0.2, 0) is 17.6 Å². The lowest BCUT2D eigenvalue weighted by atomic mass is 10.0. The maximum absolute atomic E-state index is 11.5. The van der Waals surface area contributed by atoms with Gasteiger partial charge in [0.2, 0.25) is 0 Å². The number of carboxylic acids is 2. The van der Waals surface area contributed by atoms with Crippen molar-refractivity contribution in [1.29, 1.82) is 0 Å². The van der Waals surface area contributed by atoms with Gasteiger partial charge < -0.3 is 20.8 Å². The second-order valence-corrected chi connectivity index (χ2v) is 6.93.